The highest BCUT2D eigenvalue weighted by Crippen LogP contribution is 2.17. The Morgan fingerprint density at radius 3 is 2.28 bits per heavy atom. The van der Waals surface area contributed by atoms with Crippen molar-refractivity contribution in [3.05, 3.63) is 64.9 Å². The number of carbonyl (C=O) groups excluding carboxylic acids is 2. The third-order valence-corrected chi connectivity index (χ3v) is 4.51. The fourth-order valence-corrected chi connectivity index (χ4v) is 2.97. The average Bonchev–Trinajstić information content (AvgIpc) is 2.68. The Bertz CT molecular complexity index is 810. The van der Waals surface area contributed by atoms with E-state index in [2.05, 4.69) is 5.32 Å². The van der Waals surface area contributed by atoms with Gasteiger partial charge in [-0.3, -0.25) is 9.59 Å². The van der Waals surface area contributed by atoms with Crippen LogP contribution in [-0.4, -0.2) is 35.4 Å². The molecule has 0 saturated heterocycles. The molecule has 0 unspecified atom stereocenters. The van der Waals surface area contributed by atoms with Gasteiger partial charge in [0.2, 0.25) is 5.91 Å². The van der Waals surface area contributed by atoms with Gasteiger partial charge in [-0.1, -0.05) is 30.7 Å². The summed E-state index contributed by atoms with van der Waals surface area (Å²) in [6.45, 7) is 5.51. The van der Waals surface area contributed by atoms with Gasteiger partial charge in [0.25, 0.3) is 5.91 Å². The van der Waals surface area contributed by atoms with Crippen molar-refractivity contribution in [2.45, 2.75) is 45.8 Å². The van der Waals surface area contributed by atoms with Gasteiger partial charge in [0.05, 0.1) is 0 Å². The quantitative estimate of drug-likeness (QED) is 0.661. The van der Waals surface area contributed by atoms with E-state index in [4.69, 9.17) is 16.3 Å². The van der Waals surface area contributed by atoms with E-state index >= 15 is 0 Å². The highest BCUT2D eigenvalue weighted by Gasteiger charge is 2.29. The Morgan fingerprint density at radius 2 is 1.72 bits per heavy atom. The van der Waals surface area contributed by atoms with Crippen molar-refractivity contribution >= 4 is 23.4 Å². The lowest BCUT2D eigenvalue weighted by atomic mass is 10.1. The van der Waals surface area contributed by atoms with Gasteiger partial charge in [0, 0.05) is 17.6 Å². The van der Waals surface area contributed by atoms with Crippen molar-refractivity contribution in [1.29, 1.82) is 0 Å². The van der Waals surface area contributed by atoms with Crippen LogP contribution in [0.3, 0.4) is 0 Å². The lowest BCUT2D eigenvalue weighted by molar-refractivity contribution is -0.143. The first-order valence-electron chi connectivity index (χ1n) is 9.52. The molecule has 0 aromatic heterocycles. The van der Waals surface area contributed by atoms with E-state index in [0.717, 1.165) is 5.56 Å². The van der Waals surface area contributed by atoms with Crippen molar-refractivity contribution in [3.8, 4) is 5.75 Å². The van der Waals surface area contributed by atoms with E-state index in [-0.39, 0.29) is 36.8 Å². The zero-order valence-corrected chi connectivity index (χ0v) is 17.6. The van der Waals surface area contributed by atoms with Crippen LogP contribution in [0.15, 0.2) is 48.5 Å². The van der Waals surface area contributed by atoms with E-state index in [1.807, 2.05) is 20.8 Å². The van der Waals surface area contributed by atoms with Crippen LogP contribution in [0.25, 0.3) is 0 Å². The number of hydrogen-bond acceptors (Lipinski definition) is 3. The SMILES string of the molecule is CC[C@H](C(=O)NC(C)C)N(Cc1ccc(F)cc1)C(=O)COc1ccc(Cl)cc1. The van der Waals surface area contributed by atoms with Gasteiger partial charge in [0.1, 0.15) is 17.6 Å². The molecule has 29 heavy (non-hydrogen) atoms. The molecular formula is C22H26ClFN2O3. The van der Waals surface area contributed by atoms with E-state index in [9.17, 15) is 14.0 Å². The Morgan fingerprint density at radius 1 is 1.10 bits per heavy atom. The lowest BCUT2D eigenvalue weighted by Crippen LogP contribution is -2.51. The molecule has 2 rings (SSSR count). The molecule has 0 fully saturated rings. The fraction of sp³-hybridized carbons (Fsp3) is 0.364. The molecular weight excluding hydrogens is 395 g/mol. The number of rotatable bonds is 9. The Labute approximate surface area is 175 Å². The third-order valence-electron chi connectivity index (χ3n) is 4.26. The molecule has 1 atom stereocenters. The van der Waals surface area contributed by atoms with Crippen LogP contribution in [-0.2, 0) is 16.1 Å². The van der Waals surface area contributed by atoms with Gasteiger partial charge in [-0.15, -0.1) is 0 Å². The monoisotopic (exact) mass is 420 g/mol. The summed E-state index contributed by atoms with van der Waals surface area (Å²) in [6.07, 6.45) is 0.437. The van der Waals surface area contributed by atoms with Crippen molar-refractivity contribution < 1.29 is 18.7 Å². The fourth-order valence-electron chi connectivity index (χ4n) is 2.85. The molecule has 0 spiro atoms. The number of carbonyl (C=O) groups is 2. The first-order valence-corrected chi connectivity index (χ1v) is 9.90. The topological polar surface area (TPSA) is 58.6 Å². The van der Waals surface area contributed by atoms with Crippen LogP contribution in [0.5, 0.6) is 5.75 Å². The molecule has 5 nitrogen and oxygen atoms in total. The van der Waals surface area contributed by atoms with Crippen molar-refractivity contribution in [1.82, 2.24) is 10.2 Å². The molecule has 0 aliphatic rings. The number of benzene rings is 2. The summed E-state index contributed by atoms with van der Waals surface area (Å²) in [6, 6.07) is 11.8. The first-order chi connectivity index (χ1) is 13.8. The lowest BCUT2D eigenvalue weighted by Gasteiger charge is -2.31. The minimum absolute atomic E-state index is 0.0513. The van der Waals surface area contributed by atoms with Gasteiger partial charge in [-0.25, -0.2) is 4.39 Å². The largest absolute Gasteiger partial charge is 0.484 e. The van der Waals surface area contributed by atoms with Gasteiger partial charge >= 0.3 is 0 Å². The summed E-state index contributed by atoms with van der Waals surface area (Å²) < 4.78 is 18.8. The molecule has 1 N–H and O–H groups in total. The second kappa shape index (κ2) is 10.8. The summed E-state index contributed by atoms with van der Waals surface area (Å²) in [7, 11) is 0. The third kappa shape index (κ3) is 7.06. The van der Waals surface area contributed by atoms with E-state index in [1.165, 1.54) is 17.0 Å². The van der Waals surface area contributed by atoms with Gasteiger partial charge in [-0.05, 0) is 62.2 Å². The normalized spacial score (nSPS) is 11.8. The minimum Gasteiger partial charge on any atom is -0.484 e. The highest BCUT2D eigenvalue weighted by molar-refractivity contribution is 6.30. The molecule has 156 valence electrons. The number of hydrogen-bond donors (Lipinski definition) is 1. The van der Waals surface area contributed by atoms with Crippen molar-refractivity contribution in [3.63, 3.8) is 0 Å². The van der Waals surface area contributed by atoms with Crippen LogP contribution in [0.1, 0.15) is 32.8 Å². The summed E-state index contributed by atoms with van der Waals surface area (Å²) in [5.74, 6) is -0.425. The van der Waals surface area contributed by atoms with Gasteiger partial charge in [0.15, 0.2) is 6.61 Å². The number of halogens is 2. The maximum atomic E-state index is 13.2. The summed E-state index contributed by atoms with van der Waals surface area (Å²) in [5.41, 5.74) is 0.724. The maximum Gasteiger partial charge on any atom is 0.261 e. The van der Waals surface area contributed by atoms with Crippen LogP contribution in [0.2, 0.25) is 5.02 Å². The summed E-state index contributed by atoms with van der Waals surface area (Å²) in [5, 5.41) is 3.42. The van der Waals surface area contributed by atoms with Crippen LogP contribution in [0, 0.1) is 5.82 Å². The second-order valence-electron chi connectivity index (χ2n) is 6.98. The first kappa shape index (κ1) is 22.7. The Hall–Kier alpha value is -2.60. The predicted molar refractivity (Wildman–Crippen MR) is 111 cm³/mol. The molecule has 0 radical (unpaired) electrons. The van der Waals surface area contributed by atoms with E-state index in [0.29, 0.717) is 17.2 Å². The van der Waals surface area contributed by atoms with Crippen LogP contribution < -0.4 is 10.1 Å². The summed E-state index contributed by atoms with van der Waals surface area (Å²) in [4.78, 5) is 27.1. The Balaban J connectivity index is 2.18. The van der Waals surface area contributed by atoms with Gasteiger partial charge < -0.3 is 15.0 Å². The minimum atomic E-state index is -0.663. The van der Waals surface area contributed by atoms with E-state index < -0.39 is 6.04 Å². The van der Waals surface area contributed by atoms with Crippen LogP contribution in [0.4, 0.5) is 4.39 Å². The van der Waals surface area contributed by atoms with Crippen LogP contribution >= 0.6 is 11.6 Å². The molecule has 0 aliphatic carbocycles. The number of ether oxygens (including phenoxy) is 1. The zero-order valence-electron chi connectivity index (χ0n) is 16.8. The molecule has 0 aliphatic heterocycles. The number of nitrogens with zero attached hydrogens (tertiary/aromatic N) is 1. The number of nitrogens with one attached hydrogen (secondary N) is 1. The van der Waals surface area contributed by atoms with E-state index in [1.54, 1.807) is 36.4 Å². The van der Waals surface area contributed by atoms with Crippen molar-refractivity contribution in [2.24, 2.45) is 0 Å². The molecule has 2 amide bonds. The standard InChI is InChI=1S/C22H26ClFN2O3/c1-4-20(22(28)25-15(2)3)26(13-16-5-9-18(24)10-6-16)21(27)14-29-19-11-7-17(23)8-12-19/h5-12,15,20H,4,13-14H2,1-3H3,(H,25,28)/t20-/m1/s1. The molecule has 0 saturated carbocycles. The molecule has 0 heterocycles. The Kier molecular flexibility index (Phi) is 8.46. The zero-order chi connectivity index (χ0) is 21.4. The maximum absolute atomic E-state index is 13.2. The average molecular weight is 421 g/mol. The van der Waals surface area contributed by atoms with Crippen molar-refractivity contribution in [2.75, 3.05) is 6.61 Å². The molecule has 2 aromatic carbocycles. The predicted octanol–water partition coefficient (Wildman–Crippen LogP) is 4.19. The molecule has 0 bridgehead atoms. The summed E-state index contributed by atoms with van der Waals surface area (Å²) >= 11 is 5.86. The smallest absolute Gasteiger partial charge is 0.261 e. The number of amides is 2. The molecule has 2 aromatic rings. The molecule has 7 heteroatoms. The highest BCUT2D eigenvalue weighted by atomic mass is 35.5. The second-order valence-corrected chi connectivity index (χ2v) is 7.41. The van der Waals surface area contributed by atoms with Gasteiger partial charge in [-0.2, -0.15) is 0 Å².